The van der Waals surface area contributed by atoms with Gasteiger partial charge in [-0.2, -0.15) is 0 Å². The van der Waals surface area contributed by atoms with Gasteiger partial charge in [-0.1, -0.05) is 86.1 Å². The molecule has 0 saturated heterocycles. The number of fused-ring (bicyclic) bond motifs is 3. The molecule has 0 saturated carbocycles. The number of alkyl carbamates (subject to hydrolysis) is 1. The van der Waals surface area contributed by atoms with Crippen LogP contribution in [0.4, 0.5) is 4.79 Å². The number of aliphatic hydroxyl groups is 2. The second-order valence-electron chi connectivity index (χ2n) is 8.21. The smallest absolute Gasteiger partial charge is 0.407 e. The van der Waals surface area contributed by atoms with Crippen LogP contribution in [0.2, 0.25) is 0 Å². The highest BCUT2D eigenvalue weighted by Gasteiger charge is 2.29. The lowest BCUT2D eigenvalue weighted by atomic mass is 9.98. The van der Waals surface area contributed by atoms with Crippen molar-refractivity contribution in [2.75, 3.05) is 13.2 Å². The molecule has 2 atom stereocenters. The fraction of sp³-hybridized carbons (Fsp3) is 0.296. The number of carbonyl (C=O) groups excluding carboxylic acids is 1. The molecule has 5 nitrogen and oxygen atoms in total. The topological polar surface area (TPSA) is 78.8 Å². The summed E-state index contributed by atoms with van der Waals surface area (Å²) in [5.41, 5.74) is 6.43. The summed E-state index contributed by atoms with van der Waals surface area (Å²) in [6.07, 6.45) is -0.805. The van der Waals surface area contributed by atoms with Crippen LogP contribution < -0.4 is 5.32 Å². The largest absolute Gasteiger partial charge is 0.449 e. The van der Waals surface area contributed by atoms with E-state index in [1.54, 1.807) is 0 Å². The number of nitrogens with one attached hydrogen (secondary N) is 1. The predicted molar refractivity (Wildman–Crippen MR) is 124 cm³/mol. The van der Waals surface area contributed by atoms with Gasteiger partial charge in [0.1, 0.15) is 18.8 Å². The van der Waals surface area contributed by atoms with Crippen molar-refractivity contribution in [1.29, 1.82) is 0 Å². The van der Waals surface area contributed by atoms with E-state index in [1.165, 1.54) is 16.7 Å². The number of hydrogen-bond acceptors (Lipinski definition) is 4. The van der Waals surface area contributed by atoms with E-state index in [9.17, 15) is 15.0 Å². The van der Waals surface area contributed by atoms with Gasteiger partial charge in [-0.15, -0.1) is 0 Å². The van der Waals surface area contributed by atoms with Crippen LogP contribution in [0.5, 0.6) is 0 Å². The van der Waals surface area contributed by atoms with Crippen molar-refractivity contribution in [1.82, 2.24) is 5.32 Å². The molecule has 4 rings (SSSR count). The molecule has 0 radical (unpaired) electrons. The van der Waals surface area contributed by atoms with Crippen LogP contribution >= 0.6 is 0 Å². The first-order valence-electron chi connectivity index (χ1n) is 11.1. The number of aryl methyl sites for hydroxylation is 1. The highest BCUT2D eigenvalue weighted by Crippen LogP contribution is 2.44. The maximum Gasteiger partial charge on any atom is 0.407 e. The lowest BCUT2D eigenvalue weighted by Gasteiger charge is -2.19. The zero-order valence-corrected chi connectivity index (χ0v) is 18.2. The van der Waals surface area contributed by atoms with E-state index in [0.717, 1.165) is 24.0 Å². The number of ether oxygens (including phenoxy) is 1. The van der Waals surface area contributed by atoms with Gasteiger partial charge in [0.2, 0.25) is 0 Å². The van der Waals surface area contributed by atoms with Crippen molar-refractivity contribution < 1.29 is 19.7 Å². The Morgan fingerprint density at radius 1 is 0.938 bits per heavy atom. The zero-order valence-electron chi connectivity index (χ0n) is 18.2. The van der Waals surface area contributed by atoms with Crippen LogP contribution in [-0.2, 0) is 11.2 Å². The Kier molecular flexibility index (Phi) is 6.88. The maximum absolute atomic E-state index is 12.3. The van der Waals surface area contributed by atoms with Crippen molar-refractivity contribution in [3.63, 3.8) is 0 Å². The summed E-state index contributed by atoms with van der Waals surface area (Å²) in [6, 6.07) is 23.8. The maximum atomic E-state index is 12.3. The van der Waals surface area contributed by atoms with Gasteiger partial charge >= 0.3 is 6.09 Å². The number of hydrogen-bond donors (Lipinski definition) is 3. The van der Waals surface area contributed by atoms with Gasteiger partial charge in [0.15, 0.2) is 0 Å². The van der Waals surface area contributed by atoms with Gasteiger partial charge in [-0.05, 0) is 39.8 Å². The third-order valence-corrected chi connectivity index (χ3v) is 6.02. The predicted octanol–water partition coefficient (Wildman–Crippen LogP) is 4.57. The average molecular weight is 432 g/mol. The molecule has 3 N–H and O–H groups in total. The molecule has 0 aliphatic heterocycles. The first kappa shape index (κ1) is 22.1. The minimum absolute atomic E-state index is 0.0229. The zero-order chi connectivity index (χ0) is 22.5. The lowest BCUT2D eigenvalue weighted by molar-refractivity contribution is 0.0185. The summed E-state index contributed by atoms with van der Waals surface area (Å²) in [6.45, 7) is 2.22. The molecule has 1 aliphatic rings. The molecule has 0 aromatic heterocycles. The Morgan fingerprint density at radius 3 is 2.12 bits per heavy atom. The second kappa shape index (κ2) is 9.98. The van der Waals surface area contributed by atoms with E-state index < -0.39 is 18.3 Å². The number of rotatable bonds is 8. The fourth-order valence-corrected chi connectivity index (χ4v) is 4.34. The molecular weight excluding hydrogens is 402 g/mol. The van der Waals surface area contributed by atoms with Gasteiger partial charge in [-0.3, -0.25) is 0 Å². The molecule has 1 amide bonds. The van der Waals surface area contributed by atoms with Gasteiger partial charge in [-0.25, -0.2) is 4.79 Å². The Balaban J connectivity index is 1.31. The average Bonchev–Trinajstić information content (AvgIpc) is 3.15. The molecule has 0 bridgehead atoms. The van der Waals surface area contributed by atoms with Crippen molar-refractivity contribution in [2.45, 2.75) is 37.9 Å². The lowest BCUT2D eigenvalue weighted by Crippen LogP contribution is -2.36. The first-order chi connectivity index (χ1) is 15.6. The van der Waals surface area contributed by atoms with Crippen molar-refractivity contribution in [3.05, 3.63) is 95.1 Å². The van der Waals surface area contributed by atoms with Crippen LogP contribution in [0, 0.1) is 0 Å². The van der Waals surface area contributed by atoms with Gasteiger partial charge < -0.3 is 20.3 Å². The minimum Gasteiger partial charge on any atom is -0.449 e. The molecule has 166 valence electrons. The Morgan fingerprint density at radius 2 is 1.53 bits per heavy atom. The van der Waals surface area contributed by atoms with E-state index in [1.807, 2.05) is 48.5 Å². The van der Waals surface area contributed by atoms with E-state index in [-0.39, 0.29) is 19.1 Å². The standard InChI is InChI=1S/C27H29NO4/c1-2-7-18-12-14-19(15-13-18)26(30)25(29)16-28-27(31)32-17-24-22-10-5-3-8-20(22)21-9-4-6-11-23(21)24/h3-6,8-15,24-26,29-30H,2,7,16-17H2,1H3,(H,28,31). The molecule has 2 unspecified atom stereocenters. The second-order valence-corrected chi connectivity index (χ2v) is 8.21. The number of carbonyl (C=O) groups is 1. The monoisotopic (exact) mass is 431 g/mol. The highest BCUT2D eigenvalue weighted by molar-refractivity contribution is 5.79. The molecule has 0 heterocycles. The summed E-state index contributed by atoms with van der Waals surface area (Å²) in [4.78, 5) is 12.3. The quantitative estimate of drug-likeness (QED) is 0.488. The Hall–Kier alpha value is -3.15. The van der Waals surface area contributed by atoms with E-state index in [2.05, 4.69) is 36.5 Å². The van der Waals surface area contributed by atoms with Crippen molar-refractivity contribution in [2.24, 2.45) is 0 Å². The number of amides is 1. The summed E-state index contributed by atoms with van der Waals surface area (Å²) >= 11 is 0. The van der Waals surface area contributed by atoms with E-state index in [4.69, 9.17) is 4.74 Å². The van der Waals surface area contributed by atoms with Crippen LogP contribution in [0.25, 0.3) is 11.1 Å². The van der Waals surface area contributed by atoms with Gasteiger partial charge in [0.05, 0.1) is 0 Å². The summed E-state index contributed by atoms with van der Waals surface area (Å²) < 4.78 is 5.48. The third-order valence-electron chi connectivity index (χ3n) is 6.02. The fourth-order valence-electron chi connectivity index (χ4n) is 4.34. The normalized spacial score (nSPS) is 14.3. The number of aliphatic hydroxyl groups excluding tert-OH is 2. The molecule has 32 heavy (non-hydrogen) atoms. The SMILES string of the molecule is CCCc1ccc(C(O)C(O)CNC(=O)OCC2c3ccccc3-c3ccccc32)cc1. The third kappa shape index (κ3) is 4.69. The van der Waals surface area contributed by atoms with Crippen LogP contribution in [0.15, 0.2) is 72.8 Å². The molecule has 3 aromatic carbocycles. The molecular formula is C27H29NO4. The summed E-state index contributed by atoms with van der Waals surface area (Å²) in [5.74, 6) is -0.0229. The molecule has 1 aliphatic carbocycles. The molecule has 0 fully saturated rings. The van der Waals surface area contributed by atoms with E-state index in [0.29, 0.717) is 5.56 Å². The molecule has 0 spiro atoms. The van der Waals surface area contributed by atoms with E-state index >= 15 is 0 Å². The van der Waals surface area contributed by atoms with Crippen molar-refractivity contribution in [3.8, 4) is 11.1 Å². The minimum atomic E-state index is -1.13. The summed E-state index contributed by atoms with van der Waals surface area (Å²) in [5, 5.41) is 23.3. The van der Waals surface area contributed by atoms with Crippen molar-refractivity contribution >= 4 is 6.09 Å². The highest BCUT2D eigenvalue weighted by atomic mass is 16.5. The van der Waals surface area contributed by atoms with Gasteiger partial charge in [0.25, 0.3) is 0 Å². The van der Waals surface area contributed by atoms with Gasteiger partial charge in [0, 0.05) is 12.5 Å². The summed E-state index contributed by atoms with van der Waals surface area (Å²) in [7, 11) is 0. The molecule has 5 heteroatoms. The first-order valence-corrected chi connectivity index (χ1v) is 11.1. The molecule has 3 aromatic rings. The Labute approximate surface area is 188 Å². The van der Waals surface area contributed by atoms with Crippen LogP contribution in [-0.4, -0.2) is 35.6 Å². The number of benzene rings is 3. The Bertz CT molecular complexity index is 1020. The van der Waals surface area contributed by atoms with Crippen LogP contribution in [0.3, 0.4) is 0 Å². The van der Waals surface area contributed by atoms with Crippen LogP contribution in [0.1, 0.15) is 47.6 Å².